The standard InChI is InChI=1S/C41H76NO6/c1-6-47-40(44)35-30-26-22-18-14-10-8-12-16-20-24-28-33-38(48-41(45)36-31-37-42(2,3)4)32-27-23-19-15-11-7-9-13-17-21-25-29-34-39(43)46-5/h13-14,17-18,38H,6-12,15-16,19-37H2,1-5H3/q+1. The number of hydrogen-bond acceptors (Lipinski definition) is 6. The van der Waals surface area contributed by atoms with E-state index in [2.05, 4.69) is 50.2 Å². The van der Waals surface area contributed by atoms with Gasteiger partial charge in [0.2, 0.25) is 0 Å². The fraction of sp³-hybridized carbons (Fsp3) is 0.829. The van der Waals surface area contributed by atoms with Gasteiger partial charge in [-0.15, -0.1) is 0 Å². The summed E-state index contributed by atoms with van der Waals surface area (Å²) in [5, 5.41) is 0. The van der Waals surface area contributed by atoms with E-state index in [4.69, 9.17) is 9.47 Å². The average molecular weight is 679 g/mol. The van der Waals surface area contributed by atoms with E-state index in [1.165, 1.54) is 71.3 Å². The molecule has 0 radical (unpaired) electrons. The lowest BCUT2D eigenvalue weighted by atomic mass is 10.0. The van der Waals surface area contributed by atoms with Gasteiger partial charge in [-0.05, 0) is 96.8 Å². The van der Waals surface area contributed by atoms with Crippen LogP contribution in [0.15, 0.2) is 24.3 Å². The SMILES string of the molecule is CCOC(=O)CCCCC=CCCCCCCCCC(CCCCCCCCC=CCCCCC(=O)OC)OC(=O)CCC[N+](C)(C)C. The van der Waals surface area contributed by atoms with E-state index in [1.54, 1.807) is 0 Å². The van der Waals surface area contributed by atoms with E-state index in [9.17, 15) is 14.4 Å². The van der Waals surface area contributed by atoms with Crippen molar-refractivity contribution in [3.8, 4) is 0 Å². The zero-order valence-electron chi connectivity index (χ0n) is 32.1. The van der Waals surface area contributed by atoms with Gasteiger partial charge in [-0.2, -0.15) is 0 Å². The summed E-state index contributed by atoms with van der Waals surface area (Å²) in [5.74, 6) is -0.209. The molecule has 0 heterocycles. The van der Waals surface area contributed by atoms with Crippen molar-refractivity contribution in [3.63, 3.8) is 0 Å². The van der Waals surface area contributed by atoms with Crippen molar-refractivity contribution in [2.45, 2.75) is 180 Å². The Balaban J connectivity index is 4.07. The molecule has 0 saturated heterocycles. The fourth-order valence-electron chi connectivity index (χ4n) is 5.76. The number of carbonyl (C=O) groups is 3. The monoisotopic (exact) mass is 679 g/mol. The molecule has 0 aromatic rings. The number of quaternary nitrogens is 1. The Labute approximate surface area is 296 Å². The van der Waals surface area contributed by atoms with Crippen LogP contribution in [0.3, 0.4) is 0 Å². The molecule has 280 valence electrons. The molecular formula is C41H76NO6+. The third-order valence-electron chi connectivity index (χ3n) is 8.67. The molecule has 0 aromatic carbocycles. The molecule has 0 amide bonds. The van der Waals surface area contributed by atoms with Crippen molar-refractivity contribution in [1.82, 2.24) is 0 Å². The number of hydrogen-bond donors (Lipinski definition) is 0. The van der Waals surface area contributed by atoms with Gasteiger partial charge < -0.3 is 18.7 Å². The van der Waals surface area contributed by atoms with E-state index in [1.807, 2.05) is 6.92 Å². The van der Waals surface area contributed by atoms with Crippen molar-refractivity contribution in [3.05, 3.63) is 24.3 Å². The maximum Gasteiger partial charge on any atom is 0.306 e. The predicted octanol–water partition coefficient (Wildman–Crippen LogP) is 10.6. The third kappa shape index (κ3) is 35.2. The van der Waals surface area contributed by atoms with E-state index in [0.717, 1.165) is 94.5 Å². The molecule has 48 heavy (non-hydrogen) atoms. The van der Waals surface area contributed by atoms with Crippen molar-refractivity contribution in [2.24, 2.45) is 0 Å². The second kappa shape index (κ2) is 33.4. The minimum atomic E-state index is -0.114. The molecule has 0 fully saturated rings. The van der Waals surface area contributed by atoms with Crippen molar-refractivity contribution in [1.29, 1.82) is 0 Å². The molecule has 0 aromatic heterocycles. The van der Waals surface area contributed by atoms with E-state index in [0.29, 0.717) is 25.9 Å². The minimum absolute atomic E-state index is 0.0166. The summed E-state index contributed by atoms with van der Waals surface area (Å²) in [5.41, 5.74) is 0. The van der Waals surface area contributed by atoms with Gasteiger partial charge in [-0.3, -0.25) is 14.4 Å². The number of rotatable bonds is 34. The number of methoxy groups -OCH3 is 1. The molecule has 1 unspecified atom stereocenters. The quantitative estimate of drug-likeness (QED) is 0.0222. The Morgan fingerprint density at radius 1 is 0.521 bits per heavy atom. The zero-order chi connectivity index (χ0) is 35.6. The van der Waals surface area contributed by atoms with E-state index >= 15 is 0 Å². The molecular weight excluding hydrogens is 602 g/mol. The highest BCUT2D eigenvalue weighted by Crippen LogP contribution is 2.18. The van der Waals surface area contributed by atoms with Crippen LogP contribution in [0.5, 0.6) is 0 Å². The van der Waals surface area contributed by atoms with Crippen molar-refractivity contribution < 1.29 is 33.1 Å². The van der Waals surface area contributed by atoms with Crippen LogP contribution in [0.25, 0.3) is 0 Å². The summed E-state index contributed by atoms with van der Waals surface area (Å²) in [7, 11) is 7.94. The number of carbonyl (C=O) groups excluding carboxylic acids is 3. The summed E-state index contributed by atoms with van der Waals surface area (Å²) in [6, 6.07) is 0. The molecule has 1 atom stereocenters. The molecule has 0 aliphatic carbocycles. The van der Waals surface area contributed by atoms with Crippen LogP contribution in [0.1, 0.15) is 174 Å². The maximum absolute atomic E-state index is 12.6. The smallest absolute Gasteiger partial charge is 0.306 e. The van der Waals surface area contributed by atoms with E-state index < -0.39 is 0 Å². The maximum atomic E-state index is 12.6. The summed E-state index contributed by atoms with van der Waals surface area (Å²) in [4.78, 5) is 35.1. The molecule has 0 bridgehead atoms. The van der Waals surface area contributed by atoms with Crippen LogP contribution < -0.4 is 0 Å². The first kappa shape index (κ1) is 45.9. The van der Waals surface area contributed by atoms with Gasteiger partial charge in [-0.1, -0.05) is 75.7 Å². The summed E-state index contributed by atoms with van der Waals surface area (Å²) >= 11 is 0. The normalized spacial score (nSPS) is 12.5. The number of allylic oxidation sites excluding steroid dienone is 4. The molecule has 0 saturated carbocycles. The van der Waals surface area contributed by atoms with Gasteiger partial charge in [0.15, 0.2) is 0 Å². The van der Waals surface area contributed by atoms with Crippen LogP contribution in [-0.4, -0.2) is 69.9 Å². The lowest BCUT2D eigenvalue weighted by Gasteiger charge is -2.24. The summed E-state index contributed by atoms with van der Waals surface area (Å²) < 4.78 is 16.5. The van der Waals surface area contributed by atoms with E-state index in [-0.39, 0.29) is 24.0 Å². The van der Waals surface area contributed by atoms with Crippen LogP contribution in [0.2, 0.25) is 0 Å². The summed E-state index contributed by atoms with van der Waals surface area (Å²) in [6.07, 6.45) is 36.7. The Morgan fingerprint density at radius 3 is 1.35 bits per heavy atom. The van der Waals surface area contributed by atoms with Crippen LogP contribution in [0.4, 0.5) is 0 Å². The van der Waals surface area contributed by atoms with Gasteiger partial charge in [0, 0.05) is 19.3 Å². The second-order valence-corrected chi connectivity index (χ2v) is 14.4. The van der Waals surface area contributed by atoms with Crippen molar-refractivity contribution in [2.75, 3.05) is 41.4 Å². The third-order valence-corrected chi connectivity index (χ3v) is 8.67. The number of unbranched alkanes of at least 4 members (excludes halogenated alkanes) is 16. The molecule has 0 spiro atoms. The Morgan fingerprint density at radius 2 is 0.917 bits per heavy atom. The Kier molecular flexibility index (Phi) is 31.9. The largest absolute Gasteiger partial charge is 0.469 e. The van der Waals surface area contributed by atoms with Gasteiger partial charge in [-0.25, -0.2) is 0 Å². The lowest BCUT2D eigenvalue weighted by Crippen LogP contribution is -2.35. The first-order chi connectivity index (χ1) is 23.2. The molecule has 0 rings (SSSR count). The van der Waals surface area contributed by atoms with Crippen LogP contribution in [0, 0.1) is 0 Å². The lowest BCUT2D eigenvalue weighted by molar-refractivity contribution is -0.870. The fourth-order valence-corrected chi connectivity index (χ4v) is 5.76. The van der Waals surface area contributed by atoms with Gasteiger partial charge in [0.05, 0.1) is 47.8 Å². The summed E-state index contributed by atoms with van der Waals surface area (Å²) in [6.45, 7) is 3.30. The average Bonchev–Trinajstić information content (AvgIpc) is 3.04. The van der Waals surface area contributed by atoms with Crippen molar-refractivity contribution >= 4 is 17.9 Å². The molecule has 0 N–H and O–H groups in total. The highest BCUT2D eigenvalue weighted by Gasteiger charge is 2.16. The molecule has 0 aliphatic heterocycles. The Hall–Kier alpha value is -2.15. The first-order valence-corrected chi connectivity index (χ1v) is 19.7. The van der Waals surface area contributed by atoms with Crippen LogP contribution in [-0.2, 0) is 28.6 Å². The number of esters is 3. The molecule has 0 aliphatic rings. The number of ether oxygens (including phenoxy) is 3. The topological polar surface area (TPSA) is 78.9 Å². The highest BCUT2D eigenvalue weighted by atomic mass is 16.5. The second-order valence-electron chi connectivity index (χ2n) is 14.4. The van der Waals surface area contributed by atoms with Gasteiger partial charge in [0.25, 0.3) is 0 Å². The van der Waals surface area contributed by atoms with Crippen LogP contribution >= 0.6 is 0 Å². The highest BCUT2D eigenvalue weighted by molar-refractivity contribution is 5.69. The van der Waals surface area contributed by atoms with Gasteiger partial charge >= 0.3 is 17.9 Å². The number of nitrogens with zero attached hydrogens (tertiary/aromatic N) is 1. The zero-order valence-corrected chi connectivity index (χ0v) is 32.1. The predicted molar refractivity (Wildman–Crippen MR) is 200 cm³/mol. The molecule has 7 nitrogen and oxygen atoms in total. The molecule has 7 heteroatoms. The van der Waals surface area contributed by atoms with Gasteiger partial charge in [0.1, 0.15) is 6.10 Å². The minimum Gasteiger partial charge on any atom is -0.469 e. The Bertz CT molecular complexity index is 831. The first-order valence-electron chi connectivity index (χ1n) is 19.7.